The molecule has 0 aliphatic carbocycles. The number of hydrogen-bond donors (Lipinski definition) is 3. The lowest BCUT2D eigenvalue weighted by Gasteiger charge is -2.32. The molecular formula is C16H26F3IN6OS. The van der Waals surface area contributed by atoms with E-state index in [1.807, 2.05) is 11.8 Å². The van der Waals surface area contributed by atoms with Crippen molar-refractivity contribution in [3.05, 3.63) is 16.1 Å². The van der Waals surface area contributed by atoms with E-state index in [1.54, 1.807) is 0 Å². The van der Waals surface area contributed by atoms with Crippen LogP contribution in [0, 0.1) is 0 Å². The predicted octanol–water partition coefficient (Wildman–Crippen LogP) is 1.83. The molecule has 0 aromatic carbocycles. The van der Waals surface area contributed by atoms with E-state index in [0.29, 0.717) is 30.5 Å². The summed E-state index contributed by atoms with van der Waals surface area (Å²) in [4.78, 5) is 21.0. The molecule has 28 heavy (non-hydrogen) atoms. The number of amides is 1. The molecule has 1 aliphatic heterocycles. The van der Waals surface area contributed by atoms with Crippen molar-refractivity contribution in [3.63, 3.8) is 0 Å². The zero-order valence-electron chi connectivity index (χ0n) is 15.6. The molecule has 0 radical (unpaired) electrons. The van der Waals surface area contributed by atoms with Crippen LogP contribution < -0.4 is 16.4 Å². The van der Waals surface area contributed by atoms with Crippen molar-refractivity contribution < 1.29 is 18.0 Å². The average Bonchev–Trinajstić information content (AvgIpc) is 3.05. The molecule has 160 valence electrons. The van der Waals surface area contributed by atoms with Crippen LogP contribution in [0.3, 0.4) is 0 Å². The largest absolute Gasteiger partial charge is 0.434 e. The molecule has 1 saturated heterocycles. The highest BCUT2D eigenvalue weighted by Crippen LogP contribution is 2.30. The number of rotatable bonds is 7. The minimum Gasteiger partial charge on any atom is -0.369 e. The Morgan fingerprint density at radius 3 is 2.64 bits per heavy atom. The van der Waals surface area contributed by atoms with Crippen molar-refractivity contribution in [2.24, 2.45) is 10.7 Å². The second-order valence-corrected chi connectivity index (χ2v) is 7.24. The normalized spacial score (nSPS) is 16.5. The fourth-order valence-electron chi connectivity index (χ4n) is 2.79. The number of halogens is 4. The van der Waals surface area contributed by atoms with Crippen LogP contribution in [0.1, 0.15) is 30.5 Å². The highest BCUT2D eigenvalue weighted by atomic mass is 127. The lowest BCUT2D eigenvalue weighted by atomic mass is 10.1. The van der Waals surface area contributed by atoms with Crippen LogP contribution in [-0.2, 0) is 17.4 Å². The summed E-state index contributed by atoms with van der Waals surface area (Å²) in [6, 6.07) is 0.226. The van der Waals surface area contributed by atoms with Gasteiger partial charge in [-0.3, -0.25) is 14.7 Å². The molecule has 1 aliphatic rings. The number of nitrogens with one attached hydrogen (secondary N) is 2. The fraction of sp³-hybridized carbons (Fsp3) is 0.688. The van der Waals surface area contributed by atoms with Crippen molar-refractivity contribution in [3.8, 4) is 0 Å². The molecule has 2 rings (SSSR count). The minimum atomic E-state index is -4.40. The van der Waals surface area contributed by atoms with Gasteiger partial charge in [-0.15, -0.1) is 35.3 Å². The Morgan fingerprint density at radius 2 is 2.11 bits per heavy atom. The molecule has 0 atom stereocenters. The molecular weight excluding hydrogens is 508 g/mol. The summed E-state index contributed by atoms with van der Waals surface area (Å²) in [6.07, 6.45) is -2.33. The number of likely N-dealkylation sites (tertiary alicyclic amines) is 1. The van der Waals surface area contributed by atoms with Gasteiger partial charge in [0.15, 0.2) is 11.7 Å². The molecule has 0 spiro atoms. The molecule has 12 heteroatoms. The van der Waals surface area contributed by atoms with Crippen LogP contribution in [0.2, 0.25) is 0 Å². The van der Waals surface area contributed by atoms with Gasteiger partial charge in [0, 0.05) is 44.0 Å². The monoisotopic (exact) mass is 534 g/mol. The Balaban J connectivity index is 0.00000392. The fourth-order valence-corrected chi connectivity index (χ4v) is 3.58. The molecule has 1 amide bonds. The SMILES string of the molecule is CCNC(=NCCc1nc(C(F)(F)F)cs1)NC1CCN(CC(N)=O)CC1.I. The van der Waals surface area contributed by atoms with Crippen LogP contribution >= 0.6 is 35.3 Å². The number of aliphatic imine (C=N–C) groups is 1. The maximum absolute atomic E-state index is 12.6. The first-order valence-corrected chi connectivity index (χ1v) is 9.73. The Morgan fingerprint density at radius 1 is 1.43 bits per heavy atom. The number of nitrogens with zero attached hydrogens (tertiary/aromatic N) is 3. The zero-order chi connectivity index (χ0) is 19.9. The van der Waals surface area contributed by atoms with Gasteiger partial charge >= 0.3 is 6.18 Å². The number of piperidine rings is 1. The Labute approximate surface area is 183 Å². The third-order valence-electron chi connectivity index (χ3n) is 4.09. The number of guanidine groups is 1. The highest BCUT2D eigenvalue weighted by Gasteiger charge is 2.33. The van der Waals surface area contributed by atoms with Crippen LogP contribution in [0.25, 0.3) is 0 Å². The Bertz CT molecular complexity index is 647. The Hall–Kier alpha value is -1.15. The van der Waals surface area contributed by atoms with E-state index in [2.05, 4.69) is 20.6 Å². The lowest BCUT2D eigenvalue weighted by Crippen LogP contribution is -2.49. The van der Waals surface area contributed by atoms with Gasteiger partial charge in [-0.25, -0.2) is 4.98 Å². The van der Waals surface area contributed by atoms with Gasteiger partial charge in [0.05, 0.1) is 11.6 Å². The Kier molecular flexibility index (Phi) is 10.4. The quantitative estimate of drug-likeness (QED) is 0.282. The third kappa shape index (κ3) is 8.47. The smallest absolute Gasteiger partial charge is 0.369 e. The van der Waals surface area contributed by atoms with Gasteiger partial charge in [0.2, 0.25) is 5.91 Å². The summed E-state index contributed by atoms with van der Waals surface area (Å²) in [5.41, 5.74) is 4.37. The van der Waals surface area contributed by atoms with E-state index in [9.17, 15) is 18.0 Å². The molecule has 7 nitrogen and oxygen atoms in total. The lowest BCUT2D eigenvalue weighted by molar-refractivity contribution is -0.140. The van der Waals surface area contributed by atoms with Crippen molar-refractivity contribution in [1.82, 2.24) is 20.5 Å². The van der Waals surface area contributed by atoms with Crippen molar-refractivity contribution in [1.29, 1.82) is 0 Å². The van der Waals surface area contributed by atoms with Gasteiger partial charge in [0.1, 0.15) is 0 Å². The van der Waals surface area contributed by atoms with Crippen LogP contribution in [0.5, 0.6) is 0 Å². The number of primary amides is 1. The molecule has 1 aromatic heterocycles. The van der Waals surface area contributed by atoms with E-state index in [0.717, 1.165) is 42.6 Å². The number of carbonyl (C=O) groups excluding carboxylic acids is 1. The topological polar surface area (TPSA) is 95.6 Å². The molecule has 2 heterocycles. The van der Waals surface area contributed by atoms with E-state index < -0.39 is 11.9 Å². The summed E-state index contributed by atoms with van der Waals surface area (Å²) >= 11 is 0.998. The zero-order valence-corrected chi connectivity index (χ0v) is 18.7. The number of nitrogens with two attached hydrogens (primary N) is 1. The molecule has 0 saturated carbocycles. The predicted molar refractivity (Wildman–Crippen MR) is 114 cm³/mol. The van der Waals surface area contributed by atoms with E-state index in [4.69, 9.17) is 5.73 Å². The van der Waals surface area contributed by atoms with Crippen LogP contribution in [0.15, 0.2) is 10.4 Å². The van der Waals surface area contributed by atoms with Crippen molar-refractivity contribution in [2.45, 2.75) is 38.4 Å². The summed E-state index contributed by atoms with van der Waals surface area (Å²) in [5.74, 6) is 0.311. The third-order valence-corrected chi connectivity index (χ3v) is 5.00. The number of aromatic nitrogens is 1. The number of alkyl halides is 3. The van der Waals surface area contributed by atoms with Crippen molar-refractivity contribution >= 4 is 47.2 Å². The molecule has 1 fully saturated rings. The first kappa shape index (κ1) is 24.9. The minimum absolute atomic E-state index is 0. The molecule has 4 N–H and O–H groups in total. The molecule has 0 bridgehead atoms. The van der Waals surface area contributed by atoms with Gasteiger partial charge in [-0.2, -0.15) is 13.2 Å². The number of hydrogen-bond acceptors (Lipinski definition) is 5. The summed E-state index contributed by atoms with van der Waals surface area (Å²) in [5, 5.41) is 7.94. The van der Waals surface area contributed by atoms with Gasteiger partial charge in [-0.05, 0) is 19.8 Å². The summed E-state index contributed by atoms with van der Waals surface area (Å²) in [7, 11) is 0. The maximum atomic E-state index is 12.6. The number of carbonyl (C=O) groups is 1. The van der Waals surface area contributed by atoms with E-state index in [-0.39, 0.29) is 42.5 Å². The summed E-state index contributed by atoms with van der Waals surface area (Å²) < 4.78 is 37.7. The van der Waals surface area contributed by atoms with Crippen molar-refractivity contribution in [2.75, 3.05) is 32.7 Å². The van der Waals surface area contributed by atoms with E-state index in [1.165, 1.54) is 0 Å². The van der Waals surface area contributed by atoms with Gasteiger partial charge < -0.3 is 16.4 Å². The second kappa shape index (κ2) is 11.8. The van der Waals surface area contributed by atoms with E-state index >= 15 is 0 Å². The average molecular weight is 534 g/mol. The molecule has 0 unspecified atom stereocenters. The van der Waals surface area contributed by atoms with Gasteiger partial charge in [0.25, 0.3) is 0 Å². The standard InChI is InChI=1S/C16H25F3N6OS.HI/c1-2-21-15(23-11-4-7-25(8-5-11)9-13(20)26)22-6-3-14-24-12(10-27-14)16(17,18)19;/h10-11H,2-9H2,1H3,(H2,20,26)(H2,21,22,23);1H. The highest BCUT2D eigenvalue weighted by molar-refractivity contribution is 14.0. The second-order valence-electron chi connectivity index (χ2n) is 6.30. The first-order valence-electron chi connectivity index (χ1n) is 8.85. The summed E-state index contributed by atoms with van der Waals surface area (Å²) in [6.45, 7) is 4.80. The maximum Gasteiger partial charge on any atom is 0.434 e. The molecule has 1 aromatic rings. The first-order chi connectivity index (χ1) is 12.8. The van der Waals surface area contributed by atoms with Crippen LogP contribution in [0.4, 0.5) is 13.2 Å². The number of thiazole rings is 1. The van der Waals surface area contributed by atoms with Gasteiger partial charge in [-0.1, -0.05) is 0 Å². The van der Waals surface area contributed by atoms with Crippen LogP contribution in [-0.4, -0.2) is 60.5 Å².